The van der Waals surface area contributed by atoms with Gasteiger partial charge in [-0.05, 0) is 37.3 Å². The van der Waals surface area contributed by atoms with Crippen molar-refractivity contribution >= 4 is 5.78 Å². The van der Waals surface area contributed by atoms with Gasteiger partial charge in [-0.15, -0.1) is 0 Å². The summed E-state index contributed by atoms with van der Waals surface area (Å²) in [6, 6.07) is 4.05. The molecule has 0 saturated carbocycles. The van der Waals surface area contributed by atoms with E-state index in [0.717, 1.165) is 38.0 Å². The van der Waals surface area contributed by atoms with Crippen molar-refractivity contribution < 1.29 is 9.53 Å². The van der Waals surface area contributed by atoms with Crippen molar-refractivity contribution in [2.75, 3.05) is 6.61 Å². The number of ketones is 1. The Labute approximate surface area is 108 Å². The minimum atomic E-state index is 0.0157. The standard InChI is InChI=1S/C15H19NO2/c1-2-13-11(7-9-18-13)15(17)12-6-5-10-4-3-8-16-14(10)12/h3-4,8,11-13H,2,5-7,9H2,1H3. The molecule has 0 N–H and O–H groups in total. The lowest BCUT2D eigenvalue weighted by atomic mass is 9.86. The van der Waals surface area contributed by atoms with Crippen molar-refractivity contribution in [1.29, 1.82) is 0 Å². The third kappa shape index (κ3) is 1.87. The van der Waals surface area contributed by atoms with Gasteiger partial charge in [-0.3, -0.25) is 9.78 Å². The molecule has 96 valence electrons. The van der Waals surface area contributed by atoms with Gasteiger partial charge in [0.05, 0.1) is 17.7 Å². The maximum atomic E-state index is 12.7. The molecule has 1 aliphatic heterocycles. The zero-order valence-corrected chi connectivity index (χ0v) is 10.8. The van der Waals surface area contributed by atoms with Crippen molar-refractivity contribution in [2.45, 2.75) is 44.6 Å². The molecule has 0 amide bonds. The Morgan fingerprint density at radius 1 is 1.50 bits per heavy atom. The summed E-state index contributed by atoms with van der Waals surface area (Å²) in [7, 11) is 0. The molecular weight excluding hydrogens is 226 g/mol. The van der Waals surface area contributed by atoms with Crippen LogP contribution in [0.2, 0.25) is 0 Å². The van der Waals surface area contributed by atoms with Gasteiger partial charge in [-0.2, -0.15) is 0 Å². The zero-order valence-electron chi connectivity index (χ0n) is 10.8. The molecule has 3 rings (SSSR count). The molecular formula is C15H19NO2. The van der Waals surface area contributed by atoms with Crippen LogP contribution < -0.4 is 0 Å². The number of ether oxygens (including phenoxy) is 1. The van der Waals surface area contributed by atoms with Crippen LogP contribution in [0.25, 0.3) is 0 Å². The van der Waals surface area contributed by atoms with E-state index < -0.39 is 0 Å². The van der Waals surface area contributed by atoms with E-state index in [-0.39, 0.29) is 17.9 Å². The minimum Gasteiger partial charge on any atom is -0.377 e. The maximum Gasteiger partial charge on any atom is 0.147 e. The van der Waals surface area contributed by atoms with Crippen molar-refractivity contribution in [3.8, 4) is 0 Å². The van der Waals surface area contributed by atoms with Gasteiger partial charge in [0, 0.05) is 18.7 Å². The summed E-state index contributed by atoms with van der Waals surface area (Å²) in [5.74, 6) is 0.465. The van der Waals surface area contributed by atoms with Gasteiger partial charge in [0.2, 0.25) is 0 Å². The molecule has 1 saturated heterocycles. The molecule has 1 aliphatic carbocycles. The van der Waals surface area contributed by atoms with Gasteiger partial charge in [-0.1, -0.05) is 13.0 Å². The molecule has 3 heteroatoms. The Morgan fingerprint density at radius 2 is 2.39 bits per heavy atom. The van der Waals surface area contributed by atoms with E-state index in [1.807, 2.05) is 6.07 Å². The lowest BCUT2D eigenvalue weighted by Crippen LogP contribution is -2.28. The Bertz CT molecular complexity index is 458. The number of aromatic nitrogens is 1. The van der Waals surface area contributed by atoms with Crippen LogP contribution >= 0.6 is 0 Å². The van der Waals surface area contributed by atoms with E-state index in [0.29, 0.717) is 5.78 Å². The highest BCUT2D eigenvalue weighted by molar-refractivity contribution is 5.89. The van der Waals surface area contributed by atoms with Gasteiger partial charge in [0.25, 0.3) is 0 Å². The second-order valence-electron chi connectivity index (χ2n) is 5.25. The quantitative estimate of drug-likeness (QED) is 0.821. The van der Waals surface area contributed by atoms with Crippen molar-refractivity contribution in [2.24, 2.45) is 5.92 Å². The number of fused-ring (bicyclic) bond motifs is 1. The number of hydrogen-bond donors (Lipinski definition) is 0. The third-order valence-electron chi connectivity index (χ3n) is 4.28. The Kier molecular flexibility index (Phi) is 3.16. The predicted molar refractivity (Wildman–Crippen MR) is 68.4 cm³/mol. The van der Waals surface area contributed by atoms with E-state index in [9.17, 15) is 4.79 Å². The van der Waals surface area contributed by atoms with Gasteiger partial charge >= 0.3 is 0 Å². The van der Waals surface area contributed by atoms with Crippen LogP contribution in [0.5, 0.6) is 0 Å². The molecule has 2 aliphatic rings. The summed E-state index contributed by atoms with van der Waals surface area (Å²) < 4.78 is 5.64. The largest absolute Gasteiger partial charge is 0.377 e. The van der Waals surface area contributed by atoms with Crippen LogP contribution in [0.3, 0.4) is 0 Å². The molecule has 0 aromatic carbocycles. The second-order valence-corrected chi connectivity index (χ2v) is 5.25. The number of aryl methyl sites for hydroxylation is 1. The second kappa shape index (κ2) is 4.81. The van der Waals surface area contributed by atoms with Crippen LogP contribution in [0.15, 0.2) is 18.3 Å². The van der Waals surface area contributed by atoms with E-state index in [2.05, 4.69) is 18.0 Å². The summed E-state index contributed by atoms with van der Waals surface area (Å²) >= 11 is 0. The molecule has 1 aromatic rings. The number of Topliss-reactive ketones (excluding diaryl/α,β-unsaturated/α-hetero) is 1. The first-order chi connectivity index (χ1) is 8.81. The Hall–Kier alpha value is -1.22. The van der Waals surface area contributed by atoms with E-state index in [1.54, 1.807) is 6.20 Å². The fourth-order valence-electron chi connectivity index (χ4n) is 3.32. The summed E-state index contributed by atoms with van der Waals surface area (Å²) in [4.78, 5) is 17.1. The number of carbonyl (C=O) groups excluding carboxylic acids is 1. The number of nitrogens with zero attached hydrogens (tertiary/aromatic N) is 1. The summed E-state index contributed by atoms with van der Waals surface area (Å²) in [5.41, 5.74) is 2.27. The zero-order chi connectivity index (χ0) is 12.5. The third-order valence-corrected chi connectivity index (χ3v) is 4.28. The minimum absolute atomic E-state index is 0.0157. The van der Waals surface area contributed by atoms with Crippen LogP contribution in [0.4, 0.5) is 0 Å². The first-order valence-electron chi connectivity index (χ1n) is 6.90. The fourth-order valence-corrected chi connectivity index (χ4v) is 3.32. The highest BCUT2D eigenvalue weighted by Crippen LogP contribution is 2.37. The van der Waals surface area contributed by atoms with Gasteiger partial charge in [0.15, 0.2) is 0 Å². The van der Waals surface area contributed by atoms with Crippen LogP contribution in [0, 0.1) is 5.92 Å². The van der Waals surface area contributed by atoms with Gasteiger partial charge in [0.1, 0.15) is 5.78 Å². The first-order valence-corrected chi connectivity index (χ1v) is 6.90. The lowest BCUT2D eigenvalue weighted by Gasteiger charge is -2.19. The number of pyridine rings is 1. The van der Waals surface area contributed by atoms with Crippen molar-refractivity contribution in [3.63, 3.8) is 0 Å². The molecule has 18 heavy (non-hydrogen) atoms. The van der Waals surface area contributed by atoms with Gasteiger partial charge in [-0.25, -0.2) is 0 Å². The molecule has 1 fully saturated rings. The fraction of sp³-hybridized carbons (Fsp3) is 0.600. The first kappa shape index (κ1) is 11.8. The average molecular weight is 245 g/mol. The number of rotatable bonds is 3. The Morgan fingerprint density at radius 3 is 3.22 bits per heavy atom. The van der Waals surface area contributed by atoms with Crippen molar-refractivity contribution in [1.82, 2.24) is 4.98 Å². The molecule has 0 bridgehead atoms. The normalized spacial score (nSPS) is 30.4. The molecule has 3 nitrogen and oxygen atoms in total. The monoisotopic (exact) mass is 245 g/mol. The van der Waals surface area contributed by atoms with E-state index >= 15 is 0 Å². The maximum absolute atomic E-state index is 12.7. The molecule has 3 unspecified atom stereocenters. The van der Waals surface area contributed by atoms with Crippen LogP contribution in [-0.4, -0.2) is 23.5 Å². The molecule has 0 radical (unpaired) electrons. The summed E-state index contributed by atoms with van der Waals surface area (Å²) in [6.07, 6.45) is 5.66. The highest BCUT2D eigenvalue weighted by atomic mass is 16.5. The van der Waals surface area contributed by atoms with Gasteiger partial charge < -0.3 is 4.74 Å². The van der Waals surface area contributed by atoms with E-state index in [1.165, 1.54) is 5.56 Å². The lowest BCUT2D eigenvalue weighted by molar-refractivity contribution is -0.126. The topological polar surface area (TPSA) is 39.2 Å². The summed E-state index contributed by atoms with van der Waals surface area (Å²) in [6.45, 7) is 2.83. The smallest absolute Gasteiger partial charge is 0.147 e. The van der Waals surface area contributed by atoms with Crippen LogP contribution in [-0.2, 0) is 16.0 Å². The van der Waals surface area contributed by atoms with E-state index in [4.69, 9.17) is 4.74 Å². The summed E-state index contributed by atoms with van der Waals surface area (Å²) in [5, 5.41) is 0. The SMILES string of the molecule is CCC1OCCC1C(=O)C1CCc2cccnc21. The molecule has 2 heterocycles. The predicted octanol–water partition coefficient (Wildman–Crippen LogP) is 2.50. The highest BCUT2D eigenvalue weighted by Gasteiger charge is 2.39. The van der Waals surface area contributed by atoms with Crippen LogP contribution in [0.1, 0.15) is 43.4 Å². The molecule has 1 aromatic heterocycles. The molecule has 0 spiro atoms. The average Bonchev–Trinajstić information content (AvgIpc) is 3.04. The number of hydrogen-bond acceptors (Lipinski definition) is 3. The van der Waals surface area contributed by atoms with Crippen molar-refractivity contribution in [3.05, 3.63) is 29.6 Å². The number of carbonyl (C=O) groups is 1. The Balaban J connectivity index is 1.82. The molecule has 3 atom stereocenters.